The molecule has 0 aliphatic heterocycles. The summed E-state index contributed by atoms with van der Waals surface area (Å²) in [5, 5.41) is 6.75. The van der Waals surface area contributed by atoms with Gasteiger partial charge in [-0.25, -0.2) is 0 Å². The number of hydrogen-bond acceptors (Lipinski definition) is 3. The van der Waals surface area contributed by atoms with E-state index in [1.807, 2.05) is 19.1 Å². The lowest BCUT2D eigenvalue weighted by molar-refractivity contribution is 0.249. The third kappa shape index (κ3) is 4.77. The van der Waals surface area contributed by atoms with E-state index in [-0.39, 0.29) is 6.04 Å². The van der Waals surface area contributed by atoms with Crippen LogP contribution < -0.4 is 10.6 Å². The average molecular weight is 306 g/mol. The molecule has 0 spiro atoms. The molecule has 22 heavy (non-hydrogen) atoms. The van der Waals surface area contributed by atoms with Crippen LogP contribution in [0.3, 0.4) is 0 Å². The molecule has 0 amide bonds. The van der Waals surface area contributed by atoms with E-state index in [1.54, 1.807) is 7.05 Å². The van der Waals surface area contributed by atoms with Crippen molar-refractivity contribution in [2.75, 3.05) is 27.2 Å². The molecule has 1 aromatic heterocycles. The number of nitrogens with zero attached hydrogens (tertiary/aromatic N) is 2. The minimum Gasteiger partial charge on any atom is -0.464 e. The van der Waals surface area contributed by atoms with E-state index >= 15 is 0 Å². The van der Waals surface area contributed by atoms with Crippen LogP contribution in [0, 0.1) is 6.92 Å². The van der Waals surface area contributed by atoms with Crippen molar-refractivity contribution < 1.29 is 4.42 Å². The van der Waals surface area contributed by atoms with Crippen molar-refractivity contribution in [3.8, 4) is 0 Å². The van der Waals surface area contributed by atoms with E-state index in [0.29, 0.717) is 0 Å². The Labute approximate surface area is 134 Å². The smallest absolute Gasteiger partial charge is 0.191 e. The van der Waals surface area contributed by atoms with Gasteiger partial charge in [0.05, 0.1) is 6.04 Å². The first-order chi connectivity index (χ1) is 10.6. The first kappa shape index (κ1) is 16.9. The molecule has 1 aliphatic rings. The number of nitrogens with one attached hydrogen (secondary N) is 2. The average Bonchev–Trinajstić information content (AvgIpc) is 3.17. The molecule has 1 aliphatic carbocycles. The van der Waals surface area contributed by atoms with E-state index in [4.69, 9.17) is 4.42 Å². The Morgan fingerprint density at radius 3 is 2.73 bits per heavy atom. The molecule has 0 saturated heterocycles. The maximum atomic E-state index is 5.65. The molecule has 0 bridgehead atoms. The second-order valence-electron chi connectivity index (χ2n) is 6.23. The van der Waals surface area contributed by atoms with Crippen molar-refractivity contribution in [3.63, 3.8) is 0 Å². The topological polar surface area (TPSA) is 52.8 Å². The van der Waals surface area contributed by atoms with Gasteiger partial charge in [-0.15, -0.1) is 0 Å². The maximum absolute atomic E-state index is 5.65. The largest absolute Gasteiger partial charge is 0.464 e. The Hall–Kier alpha value is -1.49. The quantitative estimate of drug-likeness (QED) is 0.627. The number of likely N-dealkylation sites (N-methyl/N-ethyl adjacent to an activating group) is 1. The zero-order valence-electron chi connectivity index (χ0n) is 14.4. The van der Waals surface area contributed by atoms with Gasteiger partial charge in [0, 0.05) is 26.2 Å². The molecular formula is C17H30N4O. The second kappa shape index (κ2) is 8.22. The van der Waals surface area contributed by atoms with E-state index in [9.17, 15) is 0 Å². The van der Waals surface area contributed by atoms with Gasteiger partial charge in [-0.1, -0.05) is 12.8 Å². The number of aliphatic imine (C=N–C) groups is 1. The predicted octanol–water partition coefficient (Wildman–Crippen LogP) is 2.69. The highest BCUT2D eigenvalue weighted by Gasteiger charge is 2.19. The van der Waals surface area contributed by atoms with Crippen LogP contribution in [0.1, 0.15) is 50.2 Å². The highest BCUT2D eigenvalue weighted by Crippen LogP contribution is 2.21. The fourth-order valence-electron chi connectivity index (χ4n) is 3.04. The number of guanidine groups is 1. The molecule has 1 atom stereocenters. The highest BCUT2D eigenvalue weighted by atomic mass is 16.3. The van der Waals surface area contributed by atoms with Crippen molar-refractivity contribution in [2.45, 2.75) is 51.6 Å². The van der Waals surface area contributed by atoms with Gasteiger partial charge >= 0.3 is 0 Å². The zero-order valence-corrected chi connectivity index (χ0v) is 14.4. The lowest BCUT2D eigenvalue weighted by Crippen LogP contribution is -2.43. The summed E-state index contributed by atoms with van der Waals surface area (Å²) in [6, 6.07) is 4.86. The molecule has 1 fully saturated rings. The van der Waals surface area contributed by atoms with E-state index < -0.39 is 0 Å². The van der Waals surface area contributed by atoms with E-state index in [2.05, 4.69) is 34.5 Å². The Kier molecular flexibility index (Phi) is 6.31. The summed E-state index contributed by atoms with van der Waals surface area (Å²) in [6.45, 7) is 5.98. The van der Waals surface area contributed by atoms with Crippen LogP contribution in [0.25, 0.3) is 0 Å². The van der Waals surface area contributed by atoms with Crippen LogP contribution in [-0.4, -0.2) is 44.1 Å². The zero-order chi connectivity index (χ0) is 15.9. The van der Waals surface area contributed by atoms with Gasteiger partial charge in [0.2, 0.25) is 0 Å². The Morgan fingerprint density at radius 2 is 2.14 bits per heavy atom. The van der Waals surface area contributed by atoms with Gasteiger partial charge in [-0.2, -0.15) is 0 Å². The summed E-state index contributed by atoms with van der Waals surface area (Å²) >= 11 is 0. The van der Waals surface area contributed by atoms with Gasteiger partial charge in [-0.05, 0) is 45.9 Å². The first-order valence-corrected chi connectivity index (χ1v) is 8.34. The summed E-state index contributed by atoms with van der Waals surface area (Å²) in [7, 11) is 4.03. The van der Waals surface area contributed by atoms with Gasteiger partial charge < -0.3 is 20.0 Å². The Balaban J connectivity index is 1.73. The molecule has 5 nitrogen and oxygen atoms in total. The van der Waals surface area contributed by atoms with Crippen LogP contribution in [0.2, 0.25) is 0 Å². The minimum absolute atomic E-state index is 0.104. The van der Waals surface area contributed by atoms with E-state index in [0.717, 1.165) is 36.6 Å². The Morgan fingerprint density at radius 1 is 1.41 bits per heavy atom. The lowest BCUT2D eigenvalue weighted by atomic mass is 10.2. The van der Waals surface area contributed by atoms with Crippen LogP contribution in [0.4, 0.5) is 0 Å². The summed E-state index contributed by atoms with van der Waals surface area (Å²) in [4.78, 5) is 6.75. The van der Waals surface area contributed by atoms with Gasteiger partial charge in [0.25, 0.3) is 0 Å². The molecule has 0 aromatic carbocycles. The molecule has 2 rings (SSSR count). The van der Waals surface area contributed by atoms with Crippen molar-refractivity contribution in [2.24, 2.45) is 4.99 Å². The number of furan rings is 1. The van der Waals surface area contributed by atoms with E-state index in [1.165, 1.54) is 25.7 Å². The van der Waals surface area contributed by atoms with Gasteiger partial charge in [0.1, 0.15) is 11.5 Å². The van der Waals surface area contributed by atoms with Crippen molar-refractivity contribution in [1.29, 1.82) is 0 Å². The summed E-state index contributed by atoms with van der Waals surface area (Å²) in [5.74, 6) is 2.69. The molecule has 0 radical (unpaired) electrons. The van der Waals surface area contributed by atoms with Crippen LogP contribution >= 0.6 is 0 Å². The number of rotatable bonds is 6. The standard InChI is InChI=1S/C17H30N4O/c1-13-9-10-16(22-13)14(2)20-17(18-3)19-11-12-21(4)15-7-5-6-8-15/h9-10,14-15H,5-8,11-12H2,1-4H3,(H2,18,19,20). The van der Waals surface area contributed by atoms with Crippen LogP contribution in [0.15, 0.2) is 21.5 Å². The molecule has 1 heterocycles. The normalized spacial score (nSPS) is 18.0. The Bertz CT molecular complexity index is 477. The third-order valence-corrected chi connectivity index (χ3v) is 4.47. The van der Waals surface area contributed by atoms with Gasteiger partial charge in [-0.3, -0.25) is 4.99 Å². The molecule has 1 aromatic rings. The molecule has 1 unspecified atom stereocenters. The second-order valence-corrected chi connectivity index (χ2v) is 6.23. The molecule has 1 saturated carbocycles. The molecule has 124 valence electrons. The SMILES string of the molecule is CN=C(NCCN(C)C1CCCC1)NC(C)c1ccc(C)o1. The van der Waals surface area contributed by atoms with Gasteiger partial charge in [0.15, 0.2) is 5.96 Å². The fraction of sp³-hybridized carbons (Fsp3) is 0.706. The molecule has 5 heteroatoms. The summed E-state index contributed by atoms with van der Waals surface area (Å²) < 4.78 is 5.65. The number of hydrogen-bond donors (Lipinski definition) is 2. The number of aryl methyl sites for hydroxylation is 1. The first-order valence-electron chi connectivity index (χ1n) is 8.34. The lowest BCUT2D eigenvalue weighted by Gasteiger charge is -2.24. The molecule has 2 N–H and O–H groups in total. The summed E-state index contributed by atoms with van der Waals surface area (Å²) in [6.07, 6.45) is 5.45. The minimum atomic E-state index is 0.104. The van der Waals surface area contributed by atoms with Crippen molar-refractivity contribution in [3.05, 3.63) is 23.7 Å². The third-order valence-electron chi connectivity index (χ3n) is 4.47. The summed E-state index contributed by atoms with van der Waals surface area (Å²) in [5.41, 5.74) is 0. The fourth-order valence-corrected chi connectivity index (χ4v) is 3.04. The highest BCUT2D eigenvalue weighted by molar-refractivity contribution is 5.80. The predicted molar refractivity (Wildman–Crippen MR) is 91.2 cm³/mol. The van der Waals surface area contributed by atoms with Crippen LogP contribution in [-0.2, 0) is 0 Å². The monoisotopic (exact) mass is 306 g/mol. The van der Waals surface area contributed by atoms with Crippen molar-refractivity contribution >= 4 is 5.96 Å². The molecular weight excluding hydrogens is 276 g/mol. The van der Waals surface area contributed by atoms with Crippen molar-refractivity contribution in [1.82, 2.24) is 15.5 Å². The van der Waals surface area contributed by atoms with Crippen LogP contribution in [0.5, 0.6) is 0 Å². The maximum Gasteiger partial charge on any atom is 0.191 e.